The second-order valence-corrected chi connectivity index (χ2v) is 15.7. The number of sulfone groups is 1. The first kappa shape index (κ1) is 31.9. The van der Waals surface area contributed by atoms with Crippen LogP contribution in [0.15, 0.2) is 47.4 Å². The number of sulfonamides is 1. The van der Waals surface area contributed by atoms with Gasteiger partial charge in [-0.3, -0.25) is 4.79 Å². The number of carbonyl (C=O) groups excluding carboxylic acids is 1. The maximum absolute atomic E-state index is 13.9. The van der Waals surface area contributed by atoms with Gasteiger partial charge in [0.25, 0.3) is 0 Å². The van der Waals surface area contributed by atoms with Crippen LogP contribution in [-0.4, -0.2) is 83.7 Å². The van der Waals surface area contributed by atoms with Crippen molar-refractivity contribution in [3.63, 3.8) is 0 Å². The minimum absolute atomic E-state index is 0.0415. The summed E-state index contributed by atoms with van der Waals surface area (Å²) in [7, 11) is -6.49. The van der Waals surface area contributed by atoms with Crippen LogP contribution in [0.4, 0.5) is 10.1 Å². The average molecular weight is 628 g/mol. The molecule has 4 rings (SSSR count). The molecule has 0 atom stereocenters. The summed E-state index contributed by atoms with van der Waals surface area (Å²) in [5, 5.41) is -0.0415. The van der Waals surface area contributed by atoms with E-state index >= 15 is 0 Å². The van der Waals surface area contributed by atoms with Gasteiger partial charge in [-0.25, -0.2) is 25.5 Å². The van der Waals surface area contributed by atoms with Crippen LogP contribution in [0.5, 0.6) is 0 Å². The van der Waals surface area contributed by atoms with E-state index in [1.54, 1.807) is 23.1 Å². The smallest absolute Gasteiger partial charge is 0.230 e. The van der Waals surface area contributed by atoms with Gasteiger partial charge in [0.2, 0.25) is 15.9 Å². The maximum Gasteiger partial charge on any atom is 0.230 e. The molecule has 0 saturated carbocycles. The second-order valence-electron chi connectivity index (χ2n) is 11.3. The number of carbonyl (C=O) groups is 1. The zero-order chi connectivity index (χ0) is 29.8. The van der Waals surface area contributed by atoms with E-state index in [4.69, 9.17) is 11.6 Å². The molecule has 0 spiro atoms. The number of amides is 1. The van der Waals surface area contributed by atoms with E-state index in [-0.39, 0.29) is 16.8 Å². The van der Waals surface area contributed by atoms with Crippen LogP contribution in [0.1, 0.15) is 37.7 Å². The van der Waals surface area contributed by atoms with Crippen molar-refractivity contribution in [2.75, 3.05) is 56.7 Å². The van der Waals surface area contributed by atoms with Gasteiger partial charge in [0.05, 0.1) is 16.2 Å². The summed E-state index contributed by atoms with van der Waals surface area (Å²) in [6.45, 7) is 3.80. The third kappa shape index (κ3) is 8.73. The molecule has 0 radical (unpaired) electrons. The van der Waals surface area contributed by atoms with E-state index in [1.165, 1.54) is 28.9 Å². The molecule has 226 valence electrons. The molecule has 2 aromatic carbocycles. The molecule has 2 saturated heterocycles. The van der Waals surface area contributed by atoms with Crippen molar-refractivity contribution in [1.29, 1.82) is 0 Å². The molecule has 0 bridgehead atoms. The van der Waals surface area contributed by atoms with Crippen molar-refractivity contribution in [2.24, 2.45) is 11.8 Å². The van der Waals surface area contributed by atoms with Crippen LogP contribution in [0.25, 0.3) is 0 Å². The first-order chi connectivity index (χ1) is 19.3. The van der Waals surface area contributed by atoms with E-state index in [0.29, 0.717) is 49.0 Å². The van der Waals surface area contributed by atoms with Gasteiger partial charge < -0.3 is 9.80 Å². The summed E-state index contributed by atoms with van der Waals surface area (Å²) in [4.78, 5) is 18.0. The largest absolute Gasteiger partial charge is 0.312 e. The van der Waals surface area contributed by atoms with Crippen LogP contribution < -0.4 is 4.90 Å². The molecule has 0 unspecified atom stereocenters. The molecule has 0 aromatic heterocycles. The summed E-state index contributed by atoms with van der Waals surface area (Å²) in [6.07, 6.45) is 7.04. The van der Waals surface area contributed by atoms with E-state index < -0.39 is 25.7 Å². The Morgan fingerprint density at radius 2 is 1.59 bits per heavy atom. The molecule has 2 aromatic rings. The number of piperidine rings is 2. The fourth-order valence-corrected chi connectivity index (χ4v) is 7.43. The quantitative estimate of drug-likeness (QED) is 0.391. The number of halogens is 2. The standard InChI is InChI=1S/C29H39ClFN3O5S2/c1-40(36,37)26-7-4-22(5-8-26)20-23-10-16-32(17-11-23)14-3-15-34(25-6-9-28(31)27(30)21-25)29(35)24-12-18-33(19-13-24)41(2,38)39/h4-9,21,23-24H,3,10-20H2,1-2H3. The van der Waals surface area contributed by atoms with E-state index in [0.717, 1.165) is 50.9 Å². The summed E-state index contributed by atoms with van der Waals surface area (Å²) < 4.78 is 62.5. The van der Waals surface area contributed by atoms with Crippen molar-refractivity contribution in [3.05, 3.63) is 58.9 Å². The van der Waals surface area contributed by atoms with Crippen molar-refractivity contribution >= 4 is 43.1 Å². The zero-order valence-corrected chi connectivity index (χ0v) is 26.0. The summed E-state index contributed by atoms with van der Waals surface area (Å²) >= 11 is 6.05. The van der Waals surface area contributed by atoms with Gasteiger partial charge in [-0.2, -0.15) is 0 Å². The number of nitrogens with zero attached hydrogens (tertiary/aromatic N) is 3. The highest BCUT2D eigenvalue weighted by atomic mass is 35.5. The lowest BCUT2D eigenvalue weighted by atomic mass is 9.90. The Morgan fingerprint density at radius 3 is 2.15 bits per heavy atom. The summed E-state index contributed by atoms with van der Waals surface area (Å²) in [6, 6.07) is 11.5. The lowest BCUT2D eigenvalue weighted by Crippen LogP contribution is -2.45. The Labute approximate surface area is 248 Å². The Hall–Kier alpha value is -2.05. The van der Waals surface area contributed by atoms with Crippen LogP contribution in [0.3, 0.4) is 0 Å². The minimum atomic E-state index is -3.29. The average Bonchev–Trinajstić information content (AvgIpc) is 2.93. The monoisotopic (exact) mass is 627 g/mol. The van der Waals surface area contributed by atoms with Crippen LogP contribution in [0, 0.1) is 17.7 Å². The molecular weight excluding hydrogens is 589 g/mol. The van der Waals surface area contributed by atoms with Gasteiger partial charge >= 0.3 is 0 Å². The molecule has 0 N–H and O–H groups in total. The van der Waals surface area contributed by atoms with Gasteiger partial charge in [-0.05, 0) is 100.0 Å². The maximum atomic E-state index is 13.9. The van der Waals surface area contributed by atoms with Crippen LogP contribution in [0.2, 0.25) is 5.02 Å². The van der Waals surface area contributed by atoms with E-state index in [9.17, 15) is 26.0 Å². The van der Waals surface area contributed by atoms with Crippen molar-refractivity contribution < 1.29 is 26.0 Å². The highest BCUT2D eigenvalue weighted by Crippen LogP contribution is 2.28. The Balaban J connectivity index is 1.30. The molecule has 1 amide bonds. The number of rotatable bonds is 10. The van der Waals surface area contributed by atoms with Crippen LogP contribution >= 0.6 is 11.6 Å². The predicted octanol–water partition coefficient (Wildman–Crippen LogP) is 4.23. The van der Waals surface area contributed by atoms with Gasteiger partial charge in [0.1, 0.15) is 5.82 Å². The molecule has 8 nitrogen and oxygen atoms in total. The zero-order valence-electron chi connectivity index (χ0n) is 23.6. The number of hydrogen-bond donors (Lipinski definition) is 0. The molecule has 2 aliphatic heterocycles. The lowest BCUT2D eigenvalue weighted by Gasteiger charge is -2.34. The summed E-state index contributed by atoms with van der Waals surface area (Å²) in [5.41, 5.74) is 1.69. The fourth-order valence-electron chi connectivity index (χ4n) is 5.75. The predicted molar refractivity (Wildman–Crippen MR) is 160 cm³/mol. The minimum Gasteiger partial charge on any atom is -0.312 e. The van der Waals surface area contributed by atoms with Crippen LogP contribution in [-0.2, 0) is 31.1 Å². The first-order valence-electron chi connectivity index (χ1n) is 14.0. The Morgan fingerprint density at radius 1 is 0.951 bits per heavy atom. The normalized spacial score (nSPS) is 18.4. The molecule has 0 aliphatic carbocycles. The summed E-state index contributed by atoms with van der Waals surface area (Å²) in [5.74, 6) is -0.397. The van der Waals surface area contributed by atoms with E-state index in [1.807, 2.05) is 12.1 Å². The third-order valence-corrected chi connectivity index (χ3v) is 10.9. The number of benzene rings is 2. The topological polar surface area (TPSA) is 95.1 Å². The third-order valence-electron chi connectivity index (χ3n) is 8.19. The fraction of sp³-hybridized carbons (Fsp3) is 0.552. The SMILES string of the molecule is CS(=O)(=O)c1ccc(CC2CCN(CCCN(C(=O)C3CCN(S(C)(=O)=O)CC3)c3ccc(F)c(Cl)c3)CC2)cc1. The molecule has 12 heteroatoms. The highest BCUT2D eigenvalue weighted by Gasteiger charge is 2.32. The highest BCUT2D eigenvalue weighted by molar-refractivity contribution is 7.90. The molecule has 2 aliphatic rings. The van der Waals surface area contributed by atoms with Crippen molar-refractivity contribution in [2.45, 2.75) is 43.4 Å². The Bertz CT molecular complexity index is 1420. The second kappa shape index (κ2) is 13.5. The van der Waals surface area contributed by atoms with Gasteiger partial charge in [-0.15, -0.1) is 0 Å². The Kier molecular flexibility index (Phi) is 10.5. The van der Waals surface area contributed by atoms with Gasteiger partial charge in [-0.1, -0.05) is 23.7 Å². The molecule has 2 fully saturated rings. The van der Waals surface area contributed by atoms with Gasteiger partial charge in [0.15, 0.2) is 9.84 Å². The van der Waals surface area contributed by atoms with Crippen molar-refractivity contribution in [3.8, 4) is 0 Å². The number of likely N-dealkylation sites (tertiary alicyclic amines) is 1. The van der Waals surface area contributed by atoms with Gasteiger partial charge in [0, 0.05) is 37.5 Å². The lowest BCUT2D eigenvalue weighted by molar-refractivity contribution is -0.123. The van der Waals surface area contributed by atoms with Crippen molar-refractivity contribution in [1.82, 2.24) is 9.21 Å². The molecule has 41 heavy (non-hydrogen) atoms. The molecule has 2 heterocycles. The molecular formula is C29H39ClFN3O5S2. The van der Waals surface area contributed by atoms with E-state index in [2.05, 4.69) is 4.90 Å². The first-order valence-corrected chi connectivity index (χ1v) is 18.2. The number of anilines is 1. The number of hydrogen-bond acceptors (Lipinski definition) is 6.